The predicted octanol–water partition coefficient (Wildman–Crippen LogP) is 6.39. The number of benzene rings is 3. The van der Waals surface area contributed by atoms with E-state index in [0.717, 1.165) is 46.8 Å². The third-order valence-electron chi connectivity index (χ3n) is 14.3. The maximum atomic E-state index is 15.3. The topological polar surface area (TPSA) is 165 Å². The molecule has 17 heteroatoms. The second kappa shape index (κ2) is 14.9. The van der Waals surface area contributed by atoms with Gasteiger partial charge >= 0.3 is 11.4 Å². The van der Waals surface area contributed by atoms with Gasteiger partial charge in [-0.3, -0.25) is 28.1 Å². The lowest BCUT2D eigenvalue weighted by Crippen LogP contribution is -2.39. The lowest BCUT2D eigenvalue weighted by molar-refractivity contribution is 0.0721. The summed E-state index contributed by atoms with van der Waals surface area (Å²) in [4.78, 5) is 47.1. The highest BCUT2D eigenvalue weighted by Gasteiger charge is 2.59. The molecule has 1 N–H and O–H groups in total. The highest BCUT2D eigenvalue weighted by atomic mass is 19.1. The van der Waals surface area contributed by atoms with Gasteiger partial charge in [0.15, 0.2) is 5.82 Å². The van der Waals surface area contributed by atoms with Crippen LogP contribution in [0.25, 0.3) is 39.0 Å². The number of hydrogen-bond donors (Lipinski definition) is 1. The van der Waals surface area contributed by atoms with Crippen molar-refractivity contribution in [3.8, 4) is 17.2 Å². The number of rotatable bonds is 8. The highest BCUT2D eigenvalue weighted by molar-refractivity contribution is 5.99. The molecule has 0 spiro atoms. The lowest BCUT2D eigenvalue weighted by Gasteiger charge is -2.29. The van der Waals surface area contributed by atoms with Crippen molar-refractivity contribution in [3.05, 3.63) is 140 Å². The van der Waals surface area contributed by atoms with Crippen molar-refractivity contribution in [2.24, 2.45) is 5.92 Å². The van der Waals surface area contributed by atoms with E-state index in [4.69, 9.17) is 19.1 Å². The first-order valence-corrected chi connectivity index (χ1v) is 22.4. The number of halogens is 1. The fraction of sp³-hybridized carbons (Fsp3) is 0.375. The van der Waals surface area contributed by atoms with Crippen LogP contribution in [0.2, 0.25) is 0 Å². The van der Waals surface area contributed by atoms with E-state index in [1.165, 1.54) is 5.56 Å². The largest absolute Gasteiger partial charge is 0.438 e. The quantitative estimate of drug-likeness (QED) is 0.182. The second-order valence-corrected chi connectivity index (χ2v) is 18.2. The first-order chi connectivity index (χ1) is 31.6. The number of ether oxygens (including phenoxy) is 2. The van der Waals surface area contributed by atoms with E-state index in [-0.39, 0.29) is 35.9 Å². The molecule has 3 atom stereocenters. The smallest absolute Gasteiger partial charge is 0.381 e. The highest BCUT2D eigenvalue weighted by Crippen LogP contribution is 2.56. The fourth-order valence-electron chi connectivity index (χ4n) is 10.8. The van der Waals surface area contributed by atoms with Gasteiger partial charge in [-0.1, -0.05) is 18.1 Å². The Morgan fingerprint density at radius 1 is 0.892 bits per heavy atom. The molecular formula is C48H47FN10O6. The summed E-state index contributed by atoms with van der Waals surface area (Å²) in [5.41, 5.74) is 5.94. The Bertz CT molecular complexity index is 3310. The number of amides is 1. The summed E-state index contributed by atoms with van der Waals surface area (Å²) >= 11 is 0. The minimum absolute atomic E-state index is 0.0377. The summed E-state index contributed by atoms with van der Waals surface area (Å²) in [6.45, 7) is 8.74. The van der Waals surface area contributed by atoms with Crippen LogP contribution in [0.3, 0.4) is 0 Å². The number of carbonyl (C=O) groups excluding carboxylic acids is 1. The Morgan fingerprint density at radius 2 is 1.66 bits per heavy atom. The third-order valence-corrected chi connectivity index (χ3v) is 14.3. The Morgan fingerprint density at radius 3 is 2.40 bits per heavy atom. The molecule has 1 saturated carbocycles. The van der Waals surface area contributed by atoms with Gasteiger partial charge in [-0.15, -0.1) is 0 Å². The molecule has 332 valence electrons. The molecule has 3 aliphatic heterocycles. The summed E-state index contributed by atoms with van der Waals surface area (Å²) < 4.78 is 40.3. The zero-order valence-electron chi connectivity index (χ0n) is 36.3. The van der Waals surface area contributed by atoms with Crippen LogP contribution < -0.4 is 11.4 Å². The van der Waals surface area contributed by atoms with Crippen molar-refractivity contribution < 1.29 is 23.2 Å². The normalized spacial score (nSPS) is 21.2. The molecule has 1 aliphatic carbocycles. The van der Waals surface area contributed by atoms with Gasteiger partial charge in [0.2, 0.25) is 0 Å². The SMILES string of the molecule is Cc1cc(-n2nc3c(c2-n2ccn(-c4ccc5c(cnn5[C@@H]5CCOC5)c4)c2=O)CN(C(=O)c2cc4cc(C5CCOCC5)ccc4n2[C@@]2(c4noc(=O)[nH]4)C[C@@H]2C)CC3)cc(C)c1F. The molecule has 1 amide bonds. The standard InChI is InChI=1S/C48H47FN10O6/c1-27-18-36(19-28(2)42(27)49)59-43(56-14-13-55(47(56)62)34-5-7-40-33(21-34)24-50-58(40)35-11-17-64-26-35)37-25-54(12-8-38(37)52-59)44(60)41-22-32-20-31(30-9-15-63-16-10-30)4-6-39(32)57(41)48(23-29(48)3)45-51-46(61)65-53-45/h4-7,13-14,18-22,24,29-30,35H,8-12,15-17,23,25-26H2,1-3H3,(H,51,53,61)/t29-,35+,48-/m0/s1. The van der Waals surface area contributed by atoms with Crippen molar-refractivity contribution in [1.29, 1.82) is 0 Å². The van der Waals surface area contributed by atoms with Gasteiger partial charge in [-0.05, 0) is 117 Å². The number of carbonyl (C=O) groups is 1. The molecule has 65 heavy (non-hydrogen) atoms. The summed E-state index contributed by atoms with van der Waals surface area (Å²) in [6, 6.07) is 17.8. The van der Waals surface area contributed by atoms with Crippen LogP contribution in [-0.2, 0) is 28.0 Å². The average Bonchev–Trinajstić information content (AvgIpc) is 4.09. The molecular weight excluding hydrogens is 832 g/mol. The van der Waals surface area contributed by atoms with Crippen LogP contribution in [0.1, 0.15) is 88.8 Å². The zero-order valence-corrected chi connectivity index (χ0v) is 36.3. The van der Waals surface area contributed by atoms with Crippen molar-refractivity contribution in [2.75, 3.05) is 33.0 Å². The minimum Gasteiger partial charge on any atom is -0.381 e. The van der Waals surface area contributed by atoms with Gasteiger partial charge in [0.25, 0.3) is 5.91 Å². The van der Waals surface area contributed by atoms with Gasteiger partial charge in [0.1, 0.15) is 22.9 Å². The third kappa shape index (κ3) is 6.22. The van der Waals surface area contributed by atoms with Gasteiger partial charge in [0.05, 0.1) is 48.0 Å². The van der Waals surface area contributed by atoms with E-state index in [0.29, 0.717) is 97.1 Å². The molecule has 3 aromatic carbocycles. The second-order valence-electron chi connectivity index (χ2n) is 18.2. The van der Waals surface area contributed by atoms with Gasteiger partial charge in [-0.25, -0.2) is 18.7 Å². The molecule has 12 rings (SSSR count). The summed E-state index contributed by atoms with van der Waals surface area (Å²) in [5, 5.41) is 15.7. The predicted molar refractivity (Wildman–Crippen MR) is 237 cm³/mol. The number of H-pyrrole nitrogens is 1. The van der Waals surface area contributed by atoms with Crippen molar-refractivity contribution in [1.82, 2.24) is 48.3 Å². The summed E-state index contributed by atoms with van der Waals surface area (Å²) in [7, 11) is 0. The molecule has 16 nitrogen and oxygen atoms in total. The van der Waals surface area contributed by atoms with Crippen LogP contribution in [0.15, 0.2) is 87.3 Å². The summed E-state index contributed by atoms with van der Waals surface area (Å²) in [5.74, 6) is 0.0621. The lowest BCUT2D eigenvalue weighted by atomic mass is 9.91. The monoisotopic (exact) mass is 878 g/mol. The molecule has 0 radical (unpaired) electrons. The number of hydrogen-bond acceptors (Lipinski definition) is 9. The van der Waals surface area contributed by atoms with Gasteiger partial charge < -0.3 is 18.9 Å². The van der Waals surface area contributed by atoms with Gasteiger partial charge in [-0.2, -0.15) is 10.2 Å². The minimum atomic E-state index is -0.808. The molecule has 0 bridgehead atoms. The van der Waals surface area contributed by atoms with Crippen LogP contribution in [0.4, 0.5) is 4.39 Å². The van der Waals surface area contributed by atoms with E-state index in [9.17, 15) is 9.59 Å². The first-order valence-electron chi connectivity index (χ1n) is 22.4. The van der Waals surface area contributed by atoms with E-state index in [1.807, 2.05) is 39.7 Å². The van der Waals surface area contributed by atoms with Crippen molar-refractivity contribution in [3.63, 3.8) is 0 Å². The fourth-order valence-corrected chi connectivity index (χ4v) is 10.8. The molecule has 0 unspecified atom stereocenters. The Balaban J connectivity index is 0.964. The average molecular weight is 879 g/mol. The van der Waals surface area contributed by atoms with Crippen molar-refractivity contribution >= 4 is 27.7 Å². The number of nitrogens with zero attached hydrogens (tertiary/aromatic N) is 9. The number of aromatic amines is 1. The molecule has 5 aromatic heterocycles. The maximum Gasteiger partial charge on any atom is 0.438 e. The first kappa shape index (κ1) is 39.7. The maximum absolute atomic E-state index is 15.3. The van der Waals surface area contributed by atoms with Crippen LogP contribution in [0.5, 0.6) is 0 Å². The number of fused-ring (bicyclic) bond motifs is 3. The van der Waals surface area contributed by atoms with E-state index >= 15 is 9.18 Å². The van der Waals surface area contributed by atoms with Gasteiger partial charge in [0, 0.05) is 67.0 Å². The number of imidazole rings is 1. The Hall–Kier alpha value is -6.85. The van der Waals surface area contributed by atoms with Crippen LogP contribution in [-0.4, -0.2) is 87.2 Å². The van der Waals surface area contributed by atoms with E-state index in [1.54, 1.807) is 57.1 Å². The molecule has 2 saturated heterocycles. The Labute approximate surface area is 370 Å². The van der Waals surface area contributed by atoms with Crippen molar-refractivity contribution in [2.45, 2.75) is 76.9 Å². The Kier molecular flexibility index (Phi) is 9.07. The van der Waals surface area contributed by atoms with E-state index in [2.05, 4.69) is 40.4 Å². The molecule has 4 aliphatic rings. The molecule has 3 fully saturated rings. The molecule has 8 heterocycles. The molecule has 8 aromatic rings. The number of aromatic nitrogens is 9. The van der Waals surface area contributed by atoms with Crippen LogP contribution >= 0.6 is 0 Å². The van der Waals surface area contributed by atoms with E-state index < -0.39 is 11.3 Å². The number of nitrogens with one attached hydrogen (secondary N) is 1. The zero-order chi connectivity index (χ0) is 44.3. The van der Waals surface area contributed by atoms with Crippen LogP contribution in [0, 0.1) is 25.6 Å². The summed E-state index contributed by atoms with van der Waals surface area (Å²) in [6.07, 6.45) is 9.05. The number of aryl methyl sites for hydroxylation is 2.